The number of anilines is 1. The van der Waals surface area contributed by atoms with E-state index >= 15 is 0 Å². The van der Waals surface area contributed by atoms with E-state index in [1.54, 1.807) is 11.9 Å². The number of nitrogens with zero attached hydrogens (tertiary/aromatic N) is 1. The Balaban J connectivity index is 1.63. The molecule has 0 saturated carbocycles. The van der Waals surface area contributed by atoms with Gasteiger partial charge in [-0.3, -0.25) is 9.59 Å². The number of hydrogen-bond donors (Lipinski definition) is 1. The smallest absolute Gasteiger partial charge is 0.231 e. The van der Waals surface area contributed by atoms with Gasteiger partial charge in [0.1, 0.15) is 0 Å². The molecule has 2 amide bonds. The highest BCUT2D eigenvalue weighted by atomic mass is 16.2. The highest BCUT2D eigenvalue weighted by Gasteiger charge is 2.45. The van der Waals surface area contributed by atoms with Gasteiger partial charge < -0.3 is 10.2 Å². The van der Waals surface area contributed by atoms with E-state index in [2.05, 4.69) is 17.4 Å². The van der Waals surface area contributed by atoms with Gasteiger partial charge in [-0.1, -0.05) is 42.0 Å². The first-order valence-electron chi connectivity index (χ1n) is 9.14. The molecule has 0 saturated heterocycles. The second-order valence-corrected chi connectivity index (χ2v) is 7.83. The largest absolute Gasteiger partial charge is 0.352 e. The highest BCUT2D eigenvalue weighted by molar-refractivity contribution is 6.04. The van der Waals surface area contributed by atoms with Gasteiger partial charge in [0.15, 0.2) is 0 Å². The monoisotopic (exact) mass is 348 g/mol. The lowest BCUT2D eigenvalue weighted by atomic mass is 9.74. The van der Waals surface area contributed by atoms with Crippen LogP contribution < -0.4 is 10.2 Å². The summed E-state index contributed by atoms with van der Waals surface area (Å²) in [5, 5.41) is 3.22. The Bertz CT molecular complexity index is 880. The molecule has 4 rings (SSSR count). The summed E-state index contributed by atoms with van der Waals surface area (Å²) in [5.41, 5.74) is 4.64. The summed E-state index contributed by atoms with van der Waals surface area (Å²) in [4.78, 5) is 27.5. The summed E-state index contributed by atoms with van der Waals surface area (Å²) in [6.45, 7) is 3.91. The Labute approximate surface area is 154 Å². The van der Waals surface area contributed by atoms with Gasteiger partial charge in [0.05, 0.1) is 5.41 Å². The van der Waals surface area contributed by atoms with Crippen molar-refractivity contribution >= 4 is 17.5 Å². The maximum Gasteiger partial charge on any atom is 0.231 e. The number of benzene rings is 2. The lowest BCUT2D eigenvalue weighted by Gasteiger charge is -2.39. The first-order chi connectivity index (χ1) is 12.4. The molecule has 0 aromatic heterocycles. The highest BCUT2D eigenvalue weighted by Crippen LogP contribution is 2.41. The number of nitrogens with one attached hydrogen (secondary N) is 1. The third-order valence-corrected chi connectivity index (χ3v) is 5.87. The Morgan fingerprint density at radius 1 is 1.15 bits per heavy atom. The van der Waals surface area contributed by atoms with Crippen molar-refractivity contribution < 1.29 is 9.59 Å². The van der Waals surface area contributed by atoms with E-state index in [0.29, 0.717) is 0 Å². The van der Waals surface area contributed by atoms with Crippen molar-refractivity contribution in [2.24, 2.45) is 0 Å². The van der Waals surface area contributed by atoms with E-state index in [4.69, 9.17) is 0 Å². The second kappa shape index (κ2) is 5.97. The predicted octanol–water partition coefficient (Wildman–Crippen LogP) is 2.90. The molecular formula is C22H24N2O2. The maximum atomic E-state index is 13.3. The molecule has 0 fully saturated rings. The summed E-state index contributed by atoms with van der Waals surface area (Å²) in [6.07, 6.45) is 1.91. The number of amides is 2. The molecule has 1 N–H and O–H groups in total. The average molecular weight is 348 g/mol. The number of hydrogen-bond acceptors (Lipinski definition) is 2. The van der Waals surface area contributed by atoms with Crippen LogP contribution in [0.1, 0.15) is 35.6 Å². The molecular weight excluding hydrogens is 324 g/mol. The van der Waals surface area contributed by atoms with Crippen LogP contribution in [-0.4, -0.2) is 24.9 Å². The number of carbonyl (C=O) groups is 2. The molecule has 2 aliphatic rings. The number of carbonyl (C=O) groups excluding carboxylic acids is 2. The quantitative estimate of drug-likeness (QED) is 0.907. The number of rotatable bonds is 2. The van der Waals surface area contributed by atoms with Crippen molar-refractivity contribution in [3.63, 3.8) is 0 Å². The van der Waals surface area contributed by atoms with Crippen molar-refractivity contribution in [3.05, 3.63) is 64.7 Å². The summed E-state index contributed by atoms with van der Waals surface area (Å²) >= 11 is 0. The Kier molecular flexibility index (Phi) is 3.87. The fourth-order valence-corrected chi connectivity index (χ4v) is 4.24. The summed E-state index contributed by atoms with van der Waals surface area (Å²) in [5.74, 6) is -0.0719. The summed E-state index contributed by atoms with van der Waals surface area (Å²) in [6, 6.07) is 14.4. The minimum Gasteiger partial charge on any atom is -0.352 e. The molecule has 1 unspecified atom stereocenters. The van der Waals surface area contributed by atoms with Crippen molar-refractivity contribution in [2.75, 3.05) is 11.9 Å². The second-order valence-electron chi connectivity index (χ2n) is 7.83. The van der Waals surface area contributed by atoms with Crippen LogP contribution >= 0.6 is 0 Å². The number of fused-ring (bicyclic) bond motifs is 2. The van der Waals surface area contributed by atoms with Gasteiger partial charge in [0.25, 0.3) is 0 Å². The normalized spacial score (nSPS) is 22.1. The topological polar surface area (TPSA) is 49.4 Å². The molecule has 2 aromatic rings. The molecule has 0 spiro atoms. The molecule has 2 aromatic carbocycles. The predicted molar refractivity (Wildman–Crippen MR) is 102 cm³/mol. The molecule has 4 heteroatoms. The van der Waals surface area contributed by atoms with Crippen LogP contribution in [0.15, 0.2) is 42.5 Å². The van der Waals surface area contributed by atoms with Gasteiger partial charge in [-0.2, -0.15) is 0 Å². The van der Waals surface area contributed by atoms with Crippen molar-refractivity contribution in [1.29, 1.82) is 0 Å². The van der Waals surface area contributed by atoms with Gasteiger partial charge in [-0.15, -0.1) is 0 Å². The van der Waals surface area contributed by atoms with E-state index in [0.717, 1.165) is 29.7 Å². The van der Waals surface area contributed by atoms with Gasteiger partial charge in [0, 0.05) is 25.2 Å². The standard InChI is InChI=1S/C22H24N2O2/c1-14-8-9-19-18(10-14)22(2,13-20(25)24(19)3)21(26)23-17-11-15-6-4-5-7-16(15)12-17/h4-10,17H,11-13H2,1-3H3,(H,23,26). The van der Waals surface area contributed by atoms with Crippen molar-refractivity contribution in [2.45, 2.75) is 44.6 Å². The molecule has 1 aliphatic heterocycles. The van der Waals surface area contributed by atoms with E-state index in [1.807, 2.05) is 44.2 Å². The van der Waals surface area contributed by atoms with Crippen molar-refractivity contribution in [1.82, 2.24) is 5.32 Å². The van der Waals surface area contributed by atoms with Crippen LogP contribution in [0.3, 0.4) is 0 Å². The van der Waals surface area contributed by atoms with Gasteiger partial charge in [-0.25, -0.2) is 0 Å². The SMILES string of the molecule is Cc1ccc2c(c1)C(C)(C(=O)NC1Cc3ccccc3C1)CC(=O)N2C. The maximum absolute atomic E-state index is 13.3. The summed E-state index contributed by atoms with van der Waals surface area (Å²) in [7, 11) is 1.78. The van der Waals surface area contributed by atoms with E-state index < -0.39 is 5.41 Å². The molecule has 134 valence electrons. The molecule has 1 atom stereocenters. The van der Waals surface area contributed by atoms with Crippen LogP contribution in [-0.2, 0) is 27.8 Å². The minimum absolute atomic E-state index is 0.0197. The third kappa shape index (κ3) is 2.61. The zero-order valence-corrected chi connectivity index (χ0v) is 15.5. The van der Waals surface area contributed by atoms with Gasteiger partial charge in [0.2, 0.25) is 11.8 Å². The Morgan fingerprint density at radius 3 is 2.46 bits per heavy atom. The van der Waals surface area contributed by atoms with Crippen LogP contribution in [0.4, 0.5) is 5.69 Å². The van der Waals surface area contributed by atoms with E-state index in [9.17, 15) is 9.59 Å². The minimum atomic E-state index is -0.834. The Hall–Kier alpha value is -2.62. The summed E-state index contributed by atoms with van der Waals surface area (Å²) < 4.78 is 0. The lowest BCUT2D eigenvalue weighted by Crippen LogP contribution is -2.52. The molecule has 4 nitrogen and oxygen atoms in total. The van der Waals surface area contributed by atoms with Crippen LogP contribution in [0.5, 0.6) is 0 Å². The third-order valence-electron chi connectivity index (χ3n) is 5.87. The fourth-order valence-electron chi connectivity index (χ4n) is 4.24. The molecule has 0 radical (unpaired) electrons. The van der Waals surface area contributed by atoms with E-state index in [1.165, 1.54) is 11.1 Å². The van der Waals surface area contributed by atoms with Gasteiger partial charge in [-0.05, 0) is 49.4 Å². The first-order valence-corrected chi connectivity index (χ1v) is 9.14. The average Bonchev–Trinajstić information content (AvgIpc) is 3.02. The molecule has 1 aliphatic carbocycles. The van der Waals surface area contributed by atoms with Crippen LogP contribution in [0.2, 0.25) is 0 Å². The van der Waals surface area contributed by atoms with E-state index in [-0.39, 0.29) is 24.3 Å². The molecule has 26 heavy (non-hydrogen) atoms. The number of aryl methyl sites for hydroxylation is 1. The van der Waals surface area contributed by atoms with Crippen LogP contribution in [0, 0.1) is 6.92 Å². The zero-order chi connectivity index (χ0) is 18.5. The molecule has 0 bridgehead atoms. The van der Waals surface area contributed by atoms with Crippen molar-refractivity contribution in [3.8, 4) is 0 Å². The van der Waals surface area contributed by atoms with Crippen LogP contribution in [0.25, 0.3) is 0 Å². The zero-order valence-electron chi connectivity index (χ0n) is 15.5. The first kappa shape index (κ1) is 16.8. The lowest BCUT2D eigenvalue weighted by molar-refractivity contribution is -0.131. The fraction of sp³-hybridized carbons (Fsp3) is 0.364. The molecule has 1 heterocycles. The Morgan fingerprint density at radius 2 is 1.81 bits per heavy atom. The van der Waals surface area contributed by atoms with Gasteiger partial charge >= 0.3 is 0 Å².